The predicted molar refractivity (Wildman–Crippen MR) is 136 cm³/mol. The fourth-order valence-electron chi connectivity index (χ4n) is 3.55. The maximum atomic E-state index is 12.0. The highest BCUT2D eigenvalue weighted by atomic mass is 35.5. The molecule has 1 fully saturated rings. The molecule has 9 nitrogen and oxygen atoms in total. The van der Waals surface area contributed by atoms with Crippen LogP contribution in [-0.4, -0.2) is 32.1 Å². The summed E-state index contributed by atoms with van der Waals surface area (Å²) < 4.78 is 22.7. The molecule has 4 rings (SSSR count). The van der Waals surface area contributed by atoms with Crippen LogP contribution in [0.25, 0.3) is 6.08 Å². The molecule has 190 valence electrons. The van der Waals surface area contributed by atoms with E-state index < -0.39 is 17.8 Å². The standard InChI is InChI=1S/C27H23ClN2O7/c1-34-22-12-17(8-9-21(22)36-14-16-6-4-3-5-7-16)15-37-24-20(28)11-18(13-23(24)35-2)10-19-25(31)29-27(33)30-26(19)32/h3-13H,14-15H2,1-2H3,(H2,29,30,31,32,33). The number of barbiturate groups is 1. The fraction of sp³-hybridized carbons (Fsp3) is 0.148. The Morgan fingerprint density at radius 3 is 2.11 bits per heavy atom. The van der Waals surface area contributed by atoms with Crippen LogP contribution in [0, 0.1) is 0 Å². The average Bonchev–Trinajstić information content (AvgIpc) is 2.89. The first-order valence-corrected chi connectivity index (χ1v) is 11.5. The van der Waals surface area contributed by atoms with E-state index in [1.807, 2.05) is 47.0 Å². The van der Waals surface area contributed by atoms with E-state index in [1.54, 1.807) is 25.3 Å². The summed E-state index contributed by atoms with van der Waals surface area (Å²) in [5.74, 6) is 0.105. The minimum atomic E-state index is -0.876. The van der Waals surface area contributed by atoms with Crippen molar-refractivity contribution in [3.63, 3.8) is 0 Å². The highest BCUT2D eigenvalue weighted by Crippen LogP contribution is 2.38. The highest BCUT2D eigenvalue weighted by Gasteiger charge is 2.28. The second-order valence-electron chi connectivity index (χ2n) is 7.88. The molecule has 1 aliphatic heterocycles. The third-order valence-corrected chi connectivity index (χ3v) is 5.64. The molecule has 1 aliphatic rings. The van der Waals surface area contributed by atoms with Crippen molar-refractivity contribution < 1.29 is 33.3 Å². The van der Waals surface area contributed by atoms with E-state index in [0.717, 1.165) is 11.1 Å². The van der Waals surface area contributed by atoms with E-state index in [1.165, 1.54) is 19.3 Å². The molecule has 0 atom stereocenters. The first-order valence-electron chi connectivity index (χ1n) is 11.1. The molecule has 10 heteroatoms. The number of halogens is 1. The zero-order valence-corrected chi connectivity index (χ0v) is 20.8. The Labute approximate surface area is 217 Å². The molecule has 4 amide bonds. The summed E-state index contributed by atoms with van der Waals surface area (Å²) in [6.07, 6.45) is 1.30. The Hall–Kier alpha value is -4.50. The SMILES string of the molecule is COc1cc(COc2c(Cl)cc(C=C3C(=O)NC(=O)NC3=O)cc2OC)ccc1OCc1ccccc1. The van der Waals surface area contributed by atoms with Crippen molar-refractivity contribution >= 4 is 35.5 Å². The normalized spacial score (nSPS) is 12.9. The topological polar surface area (TPSA) is 112 Å². The van der Waals surface area contributed by atoms with Gasteiger partial charge in [-0.05, 0) is 47.0 Å². The van der Waals surface area contributed by atoms with Gasteiger partial charge in [-0.1, -0.05) is 48.0 Å². The number of hydrogen-bond acceptors (Lipinski definition) is 7. The molecular weight excluding hydrogens is 500 g/mol. The number of amides is 4. The summed E-state index contributed by atoms with van der Waals surface area (Å²) in [6, 6.07) is 17.5. The van der Waals surface area contributed by atoms with Crippen molar-refractivity contribution in [3.8, 4) is 23.0 Å². The lowest BCUT2D eigenvalue weighted by Gasteiger charge is -2.16. The summed E-state index contributed by atoms with van der Waals surface area (Å²) in [7, 11) is 3.00. The highest BCUT2D eigenvalue weighted by molar-refractivity contribution is 6.33. The fourth-order valence-corrected chi connectivity index (χ4v) is 3.82. The second kappa shape index (κ2) is 11.5. The van der Waals surface area contributed by atoms with Crippen molar-refractivity contribution in [3.05, 3.63) is 87.9 Å². The third-order valence-electron chi connectivity index (χ3n) is 5.35. The van der Waals surface area contributed by atoms with Gasteiger partial charge in [0.25, 0.3) is 11.8 Å². The Kier molecular flexibility index (Phi) is 7.95. The van der Waals surface area contributed by atoms with Gasteiger partial charge in [0, 0.05) is 0 Å². The van der Waals surface area contributed by atoms with Gasteiger partial charge >= 0.3 is 6.03 Å². The minimum Gasteiger partial charge on any atom is -0.493 e. The number of carbonyl (C=O) groups is 3. The van der Waals surface area contributed by atoms with E-state index >= 15 is 0 Å². The van der Waals surface area contributed by atoms with Gasteiger partial charge in [-0.15, -0.1) is 0 Å². The van der Waals surface area contributed by atoms with Crippen LogP contribution >= 0.6 is 11.6 Å². The van der Waals surface area contributed by atoms with Crippen LogP contribution in [0.15, 0.2) is 66.2 Å². The lowest BCUT2D eigenvalue weighted by molar-refractivity contribution is -0.123. The molecule has 0 aromatic heterocycles. The Bertz CT molecular complexity index is 1350. The molecule has 0 unspecified atom stereocenters. The largest absolute Gasteiger partial charge is 0.493 e. The van der Waals surface area contributed by atoms with Gasteiger partial charge in [-0.2, -0.15) is 0 Å². The number of benzene rings is 3. The summed E-state index contributed by atoms with van der Waals surface area (Å²) in [5, 5.41) is 4.24. The van der Waals surface area contributed by atoms with Crippen molar-refractivity contribution in [1.82, 2.24) is 10.6 Å². The number of ether oxygens (including phenoxy) is 4. The number of hydrogen-bond donors (Lipinski definition) is 2. The van der Waals surface area contributed by atoms with E-state index in [0.29, 0.717) is 29.4 Å². The van der Waals surface area contributed by atoms with Crippen LogP contribution in [0.3, 0.4) is 0 Å². The summed E-state index contributed by atoms with van der Waals surface area (Å²) in [5.41, 5.74) is 2.00. The lowest BCUT2D eigenvalue weighted by Crippen LogP contribution is -2.51. The lowest BCUT2D eigenvalue weighted by atomic mass is 10.1. The number of nitrogens with one attached hydrogen (secondary N) is 2. The van der Waals surface area contributed by atoms with Gasteiger partial charge in [0.15, 0.2) is 23.0 Å². The first kappa shape index (κ1) is 25.6. The number of urea groups is 1. The number of methoxy groups -OCH3 is 2. The molecule has 0 spiro atoms. The van der Waals surface area contributed by atoms with E-state index in [2.05, 4.69) is 0 Å². The summed E-state index contributed by atoms with van der Waals surface area (Å²) in [4.78, 5) is 35.3. The average molecular weight is 523 g/mol. The van der Waals surface area contributed by atoms with E-state index in [4.69, 9.17) is 30.5 Å². The molecule has 2 N–H and O–H groups in total. The maximum Gasteiger partial charge on any atom is 0.328 e. The molecule has 0 saturated carbocycles. The summed E-state index contributed by atoms with van der Waals surface area (Å²) in [6.45, 7) is 0.556. The zero-order chi connectivity index (χ0) is 26.4. The van der Waals surface area contributed by atoms with Crippen LogP contribution in [0.1, 0.15) is 16.7 Å². The third kappa shape index (κ3) is 6.20. The van der Waals surface area contributed by atoms with Crippen molar-refractivity contribution in [2.24, 2.45) is 0 Å². The van der Waals surface area contributed by atoms with Crippen molar-refractivity contribution in [1.29, 1.82) is 0 Å². The number of imide groups is 2. The Morgan fingerprint density at radius 1 is 0.757 bits per heavy atom. The van der Waals surface area contributed by atoms with Gasteiger partial charge < -0.3 is 18.9 Å². The maximum absolute atomic E-state index is 12.0. The molecule has 1 heterocycles. The van der Waals surface area contributed by atoms with Gasteiger partial charge in [0.05, 0.1) is 19.2 Å². The zero-order valence-electron chi connectivity index (χ0n) is 20.0. The summed E-state index contributed by atoms with van der Waals surface area (Å²) >= 11 is 6.44. The van der Waals surface area contributed by atoms with Crippen LogP contribution in [0.4, 0.5) is 4.79 Å². The molecule has 3 aromatic carbocycles. The van der Waals surface area contributed by atoms with Crippen LogP contribution in [-0.2, 0) is 22.8 Å². The second-order valence-corrected chi connectivity index (χ2v) is 8.28. The molecule has 0 aliphatic carbocycles. The molecular formula is C27H23ClN2O7. The first-order chi connectivity index (χ1) is 17.9. The van der Waals surface area contributed by atoms with Crippen LogP contribution < -0.4 is 29.6 Å². The van der Waals surface area contributed by atoms with Gasteiger partial charge in [-0.3, -0.25) is 20.2 Å². The molecule has 3 aromatic rings. The van der Waals surface area contributed by atoms with Crippen molar-refractivity contribution in [2.75, 3.05) is 14.2 Å². The quantitative estimate of drug-likeness (QED) is 0.319. The van der Waals surface area contributed by atoms with Crippen LogP contribution in [0.5, 0.6) is 23.0 Å². The Morgan fingerprint density at radius 2 is 1.43 bits per heavy atom. The molecule has 1 saturated heterocycles. The molecule has 37 heavy (non-hydrogen) atoms. The van der Waals surface area contributed by atoms with Crippen molar-refractivity contribution in [2.45, 2.75) is 13.2 Å². The minimum absolute atomic E-state index is 0.152. The van der Waals surface area contributed by atoms with Gasteiger partial charge in [0.2, 0.25) is 0 Å². The molecule has 0 radical (unpaired) electrons. The monoisotopic (exact) mass is 522 g/mol. The smallest absolute Gasteiger partial charge is 0.328 e. The van der Waals surface area contributed by atoms with Crippen LogP contribution in [0.2, 0.25) is 5.02 Å². The predicted octanol–water partition coefficient (Wildman–Crippen LogP) is 4.26. The Balaban J connectivity index is 1.48. The number of carbonyl (C=O) groups excluding carboxylic acids is 3. The van der Waals surface area contributed by atoms with E-state index in [-0.39, 0.29) is 23.0 Å². The number of rotatable bonds is 9. The molecule has 0 bridgehead atoms. The van der Waals surface area contributed by atoms with E-state index in [9.17, 15) is 14.4 Å². The van der Waals surface area contributed by atoms with Gasteiger partial charge in [-0.25, -0.2) is 4.79 Å². The van der Waals surface area contributed by atoms with Gasteiger partial charge in [0.1, 0.15) is 18.8 Å².